The van der Waals surface area contributed by atoms with Crippen molar-refractivity contribution in [3.63, 3.8) is 0 Å². The molecule has 0 saturated heterocycles. The summed E-state index contributed by atoms with van der Waals surface area (Å²) in [7, 11) is 0. The number of anilines is 1. The molecule has 0 bridgehead atoms. The van der Waals surface area contributed by atoms with Gasteiger partial charge in [0.1, 0.15) is 5.82 Å². The van der Waals surface area contributed by atoms with E-state index < -0.39 is 5.82 Å². The van der Waals surface area contributed by atoms with E-state index in [4.69, 9.17) is 4.42 Å². The predicted octanol–water partition coefficient (Wildman–Crippen LogP) is 4.66. The first-order valence-electron chi connectivity index (χ1n) is 7.96. The minimum absolute atomic E-state index is 0.0575. The lowest BCUT2D eigenvalue weighted by Crippen LogP contribution is -2.15. The number of hydrogen-bond acceptors (Lipinski definition) is 5. The zero-order chi connectivity index (χ0) is 19.4. The third-order valence-corrected chi connectivity index (χ3v) is 5.09. The highest BCUT2D eigenvalue weighted by Crippen LogP contribution is 2.27. The largest absolute Gasteiger partial charge is 0.461 e. The van der Waals surface area contributed by atoms with Crippen molar-refractivity contribution in [2.75, 3.05) is 11.1 Å². The number of carbonyl (C=O) groups excluding carboxylic acids is 1. The zero-order valence-electron chi connectivity index (χ0n) is 14.4. The maximum atomic E-state index is 13.8. The SMILES string of the molecule is C=CCn1c(SCC(=O)Nc2ccc(Br)cc2F)nnc1-c1occc1C. The van der Waals surface area contributed by atoms with Crippen molar-refractivity contribution in [1.82, 2.24) is 14.8 Å². The second kappa shape index (κ2) is 8.53. The first kappa shape index (κ1) is 19.4. The molecule has 27 heavy (non-hydrogen) atoms. The Hall–Kier alpha value is -2.39. The summed E-state index contributed by atoms with van der Waals surface area (Å²) in [5, 5.41) is 11.4. The minimum Gasteiger partial charge on any atom is -0.461 e. The Bertz CT molecular complexity index is 986. The van der Waals surface area contributed by atoms with Crippen LogP contribution in [0, 0.1) is 12.7 Å². The van der Waals surface area contributed by atoms with Gasteiger partial charge >= 0.3 is 0 Å². The molecule has 140 valence electrons. The van der Waals surface area contributed by atoms with Gasteiger partial charge in [0.2, 0.25) is 11.7 Å². The first-order valence-corrected chi connectivity index (χ1v) is 9.73. The molecule has 0 atom stereocenters. The summed E-state index contributed by atoms with van der Waals surface area (Å²) >= 11 is 4.38. The van der Waals surface area contributed by atoms with Gasteiger partial charge in [0, 0.05) is 11.0 Å². The van der Waals surface area contributed by atoms with E-state index in [1.54, 1.807) is 18.4 Å². The monoisotopic (exact) mass is 450 g/mol. The predicted molar refractivity (Wildman–Crippen MR) is 106 cm³/mol. The fourth-order valence-corrected chi connectivity index (χ4v) is 3.45. The number of benzene rings is 1. The van der Waals surface area contributed by atoms with Crippen molar-refractivity contribution in [3.05, 3.63) is 59.0 Å². The maximum absolute atomic E-state index is 13.8. The number of furan rings is 1. The summed E-state index contributed by atoms with van der Waals surface area (Å²) in [6.07, 6.45) is 3.30. The summed E-state index contributed by atoms with van der Waals surface area (Å²) in [6, 6.07) is 6.29. The summed E-state index contributed by atoms with van der Waals surface area (Å²) in [5.74, 6) is 0.400. The van der Waals surface area contributed by atoms with Crippen LogP contribution >= 0.6 is 27.7 Å². The molecule has 3 rings (SSSR count). The van der Waals surface area contributed by atoms with E-state index in [-0.39, 0.29) is 17.3 Å². The number of aryl methyl sites for hydroxylation is 1. The molecule has 0 radical (unpaired) electrons. The number of amides is 1. The van der Waals surface area contributed by atoms with Gasteiger partial charge in [-0.1, -0.05) is 33.8 Å². The van der Waals surface area contributed by atoms with Crippen molar-refractivity contribution in [2.24, 2.45) is 0 Å². The molecule has 0 spiro atoms. The number of aromatic nitrogens is 3. The van der Waals surface area contributed by atoms with Crippen molar-refractivity contribution in [3.8, 4) is 11.6 Å². The molecule has 2 aromatic heterocycles. The van der Waals surface area contributed by atoms with Crippen LogP contribution in [-0.2, 0) is 11.3 Å². The Labute approximate surface area is 168 Å². The highest BCUT2D eigenvalue weighted by atomic mass is 79.9. The van der Waals surface area contributed by atoms with Crippen molar-refractivity contribution >= 4 is 39.3 Å². The lowest BCUT2D eigenvalue weighted by atomic mass is 10.3. The third kappa shape index (κ3) is 4.48. The average Bonchev–Trinajstić information content (AvgIpc) is 3.22. The van der Waals surface area contributed by atoms with E-state index in [9.17, 15) is 9.18 Å². The topological polar surface area (TPSA) is 73.0 Å². The Balaban J connectivity index is 1.72. The normalized spacial score (nSPS) is 10.8. The lowest BCUT2D eigenvalue weighted by Gasteiger charge is -2.08. The van der Waals surface area contributed by atoms with Crippen molar-refractivity contribution in [1.29, 1.82) is 0 Å². The summed E-state index contributed by atoms with van der Waals surface area (Å²) in [6.45, 7) is 6.13. The number of thioether (sulfide) groups is 1. The van der Waals surface area contributed by atoms with Crippen LogP contribution in [0.2, 0.25) is 0 Å². The molecule has 9 heteroatoms. The van der Waals surface area contributed by atoms with Gasteiger partial charge in [-0.3, -0.25) is 9.36 Å². The van der Waals surface area contributed by atoms with Crippen molar-refractivity contribution < 1.29 is 13.6 Å². The second-order valence-electron chi connectivity index (χ2n) is 5.60. The molecular weight excluding hydrogens is 435 g/mol. The number of hydrogen-bond donors (Lipinski definition) is 1. The number of halogens is 2. The molecule has 0 aliphatic carbocycles. The van der Waals surface area contributed by atoms with Gasteiger partial charge in [-0.05, 0) is 36.8 Å². The van der Waals surface area contributed by atoms with Gasteiger partial charge in [-0.15, -0.1) is 16.8 Å². The smallest absolute Gasteiger partial charge is 0.234 e. The van der Waals surface area contributed by atoms with Crippen molar-refractivity contribution in [2.45, 2.75) is 18.6 Å². The minimum atomic E-state index is -0.506. The molecule has 0 saturated carbocycles. The molecular formula is C18H16BrFN4O2S. The number of rotatable bonds is 7. The maximum Gasteiger partial charge on any atom is 0.234 e. The fraction of sp³-hybridized carbons (Fsp3) is 0.167. The number of nitrogens with one attached hydrogen (secondary N) is 1. The van der Waals surface area contributed by atoms with Crippen LogP contribution < -0.4 is 5.32 Å². The third-order valence-electron chi connectivity index (χ3n) is 3.63. The molecule has 1 aromatic carbocycles. The number of allylic oxidation sites excluding steroid dienone is 1. The Morgan fingerprint density at radius 3 is 2.93 bits per heavy atom. The molecule has 1 amide bonds. The molecule has 0 unspecified atom stereocenters. The van der Waals surface area contributed by atoms with Gasteiger partial charge in [0.05, 0.1) is 17.7 Å². The zero-order valence-corrected chi connectivity index (χ0v) is 16.8. The van der Waals surface area contributed by atoms with Crippen LogP contribution in [0.5, 0.6) is 0 Å². The highest BCUT2D eigenvalue weighted by Gasteiger charge is 2.18. The summed E-state index contributed by atoms with van der Waals surface area (Å²) < 4.78 is 21.7. The number of nitrogens with zero attached hydrogens (tertiary/aromatic N) is 3. The van der Waals surface area contributed by atoms with Gasteiger partial charge in [0.15, 0.2) is 10.9 Å². The summed E-state index contributed by atoms with van der Waals surface area (Å²) in [5.41, 5.74) is 1.07. The molecule has 0 fully saturated rings. The van der Waals surface area contributed by atoms with E-state index in [2.05, 4.69) is 38.0 Å². The lowest BCUT2D eigenvalue weighted by molar-refractivity contribution is -0.113. The van der Waals surface area contributed by atoms with Crippen LogP contribution in [-0.4, -0.2) is 26.4 Å². The molecule has 1 N–H and O–H groups in total. The molecule has 6 nitrogen and oxygen atoms in total. The quantitative estimate of drug-likeness (QED) is 0.418. The molecule has 0 aliphatic rings. The highest BCUT2D eigenvalue weighted by molar-refractivity contribution is 9.10. The Morgan fingerprint density at radius 2 is 2.26 bits per heavy atom. The van der Waals surface area contributed by atoms with Crippen LogP contribution in [0.4, 0.5) is 10.1 Å². The summed E-state index contributed by atoms with van der Waals surface area (Å²) in [4.78, 5) is 12.2. The van der Waals surface area contributed by atoms with Gasteiger partial charge in [0.25, 0.3) is 0 Å². The van der Waals surface area contributed by atoms with E-state index in [1.807, 2.05) is 17.6 Å². The van der Waals surface area contributed by atoms with Crippen LogP contribution in [0.3, 0.4) is 0 Å². The van der Waals surface area contributed by atoms with Crippen LogP contribution in [0.1, 0.15) is 5.56 Å². The van der Waals surface area contributed by atoms with E-state index >= 15 is 0 Å². The molecule has 2 heterocycles. The average molecular weight is 451 g/mol. The van der Waals surface area contributed by atoms with Crippen LogP contribution in [0.25, 0.3) is 11.6 Å². The molecule has 0 aliphatic heterocycles. The van der Waals surface area contributed by atoms with Gasteiger partial charge in [-0.25, -0.2) is 4.39 Å². The molecule has 3 aromatic rings. The standard InChI is InChI=1S/C18H16BrFN4O2S/c1-3-7-24-17(16-11(2)6-8-26-16)22-23-18(24)27-10-15(25)21-14-5-4-12(19)9-13(14)20/h3-6,8-9H,1,7,10H2,2H3,(H,21,25). The second-order valence-corrected chi connectivity index (χ2v) is 7.46. The first-order chi connectivity index (χ1) is 13.0. The fourth-order valence-electron chi connectivity index (χ4n) is 2.37. The van der Waals surface area contributed by atoms with Gasteiger partial charge < -0.3 is 9.73 Å². The van der Waals surface area contributed by atoms with E-state index in [0.717, 1.165) is 5.56 Å². The van der Waals surface area contributed by atoms with Crippen LogP contribution in [0.15, 0.2) is 57.2 Å². The Kier molecular flexibility index (Phi) is 6.12. The van der Waals surface area contributed by atoms with E-state index in [0.29, 0.717) is 27.8 Å². The van der Waals surface area contributed by atoms with Gasteiger partial charge in [-0.2, -0.15) is 0 Å². The number of carbonyl (C=O) groups is 1. The van der Waals surface area contributed by atoms with E-state index in [1.165, 1.54) is 23.9 Å². The Morgan fingerprint density at radius 1 is 1.44 bits per heavy atom.